The SMILES string of the molecule is O=C(c1cc(Br)ccc1Br)c1c(Cl)cc(Cl)cc1Cl. The number of carbonyl (C=O) groups is 1. The summed E-state index contributed by atoms with van der Waals surface area (Å²) in [6.45, 7) is 0. The summed E-state index contributed by atoms with van der Waals surface area (Å²) in [5.74, 6) is -0.264. The summed E-state index contributed by atoms with van der Waals surface area (Å²) in [6, 6.07) is 8.29. The van der Waals surface area contributed by atoms with Crippen molar-refractivity contribution >= 4 is 72.4 Å². The zero-order valence-corrected chi connectivity index (χ0v) is 14.6. The Morgan fingerprint density at radius 1 is 0.947 bits per heavy atom. The fourth-order valence-electron chi connectivity index (χ4n) is 1.57. The summed E-state index contributed by atoms with van der Waals surface area (Å²) < 4.78 is 1.46. The van der Waals surface area contributed by atoms with Gasteiger partial charge in [0, 0.05) is 19.5 Å². The molecule has 2 rings (SSSR count). The Hall–Kier alpha value is -0.0600. The molecule has 0 bridgehead atoms. The quantitative estimate of drug-likeness (QED) is 0.491. The van der Waals surface area contributed by atoms with E-state index in [4.69, 9.17) is 34.8 Å². The molecule has 2 aromatic rings. The summed E-state index contributed by atoms with van der Waals surface area (Å²) >= 11 is 24.6. The minimum absolute atomic E-state index is 0.231. The van der Waals surface area contributed by atoms with E-state index in [-0.39, 0.29) is 21.4 Å². The Kier molecular flexibility index (Phi) is 4.96. The summed E-state index contributed by atoms with van der Waals surface area (Å²) in [4.78, 5) is 12.5. The zero-order chi connectivity index (χ0) is 14.2. The summed E-state index contributed by atoms with van der Waals surface area (Å²) in [6.07, 6.45) is 0. The van der Waals surface area contributed by atoms with Crippen LogP contribution in [0.1, 0.15) is 15.9 Å². The monoisotopic (exact) mass is 440 g/mol. The van der Waals surface area contributed by atoms with Crippen molar-refractivity contribution in [3.05, 3.63) is 65.5 Å². The molecule has 0 heterocycles. The van der Waals surface area contributed by atoms with Gasteiger partial charge in [-0.2, -0.15) is 0 Å². The van der Waals surface area contributed by atoms with E-state index in [0.29, 0.717) is 15.1 Å². The first-order valence-electron chi connectivity index (χ1n) is 5.04. The van der Waals surface area contributed by atoms with E-state index >= 15 is 0 Å². The van der Waals surface area contributed by atoms with Gasteiger partial charge in [0.1, 0.15) is 0 Å². The molecule has 0 radical (unpaired) electrons. The highest BCUT2D eigenvalue weighted by Gasteiger charge is 2.20. The molecular weight excluding hydrogens is 438 g/mol. The molecule has 1 nitrogen and oxygen atoms in total. The van der Waals surface area contributed by atoms with Gasteiger partial charge >= 0.3 is 0 Å². The van der Waals surface area contributed by atoms with Crippen molar-refractivity contribution in [3.8, 4) is 0 Å². The lowest BCUT2D eigenvalue weighted by Crippen LogP contribution is -2.04. The van der Waals surface area contributed by atoms with Crippen LogP contribution < -0.4 is 0 Å². The molecule has 2 aromatic carbocycles. The van der Waals surface area contributed by atoms with Crippen molar-refractivity contribution < 1.29 is 4.79 Å². The van der Waals surface area contributed by atoms with Crippen LogP contribution >= 0.6 is 66.7 Å². The molecule has 19 heavy (non-hydrogen) atoms. The fourth-order valence-corrected chi connectivity index (χ4v) is 3.34. The highest BCUT2D eigenvalue weighted by atomic mass is 79.9. The van der Waals surface area contributed by atoms with Gasteiger partial charge in [0.25, 0.3) is 0 Å². The first kappa shape index (κ1) is 15.3. The summed E-state index contributed by atoms with van der Waals surface area (Å²) in [7, 11) is 0. The number of rotatable bonds is 2. The average molecular weight is 443 g/mol. The van der Waals surface area contributed by atoms with Gasteiger partial charge < -0.3 is 0 Å². The highest BCUT2D eigenvalue weighted by Crippen LogP contribution is 2.33. The molecule has 0 spiro atoms. The Balaban J connectivity index is 2.59. The van der Waals surface area contributed by atoms with E-state index in [2.05, 4.69) is 31.9 Å². The maximum atomic E-state index is 12.5. The van der Waals surface area contributed by atoms with E-state index in [1.54, 1.807) is 12.1 Å². The first-order chi connectivity index (χ1) is 8.90. The Morgan fingerprint density at radius 2 is 1.53 bits per heavy atom. The van der Waals surface area contributed by atoms with Gasteiger partial charge in [-0.1, -0.05) is 66.7 Å². The van der Waals surface area contributed by atoms with Gasteiger partial charge in [-0.3, -0.25) is 4.79 Å². The number of ketones is 1. The van der Waals surface area contributed by atoms with Gasteiger partial charge in [-0.15, -0.1) is 0 Å². The topological polar surface area (TPSA) is 17.1 Å². The molecule has 0 aliphatic carbocycles. The van der Waals surface area contributed by atoms with E-state index in [9.17, 15) is 4.79 Å². The van der Waals surface area contributed by atoms with Crippen molar-refractivity contribution in [1.82, 2.24) is 0 Å². The third-order valence-corrected chi connectivity index (χ3v) is 4.41. The molecule has 0 aliphatic rings. The number of carbonyl (C=O) groups excluding carboxylic acids is 1. The molecule has 6 heteroatoms. The summed E-state index contributed by atoms with van der Waals surface area (Å²) in [5, 5.41) is 0.851. The van der Waals surface area contributed by atoms with Crippen molar-refractivity contribution in [1.29, 1.82) is 0 Å². The van der Waals surface area contributed by atoms with Crippen molar-refractivity contribution in [2.75, 3.05) is 0 Å². The molecule has 0 N–H and O–H groups in total. The van der Waals surface area contributed by atoms with Crippen LogP contribution in [0.5, 0.6) is 0 Å². The van der Waals surface area contributed by atoms with E-state index in [1.807, 2.05) is 6.07 Å². The molecule has 0 saturated carbocycles. The third-order valence-electron chi connectivity index (χ3n) is 2.41. The van der Waals surface area contributed by atoms with Gasteiger partial charge in [0.05, 0.1) is 15.6 Å². The Labute approximate surface area is 142 Å². The smallest absolute Gasteiger partial charge is 0.197 e. The van der Waals surface area contributed by atoms with Crippen LogP contribution in [0.3, 0.4) is 0 Å². The zero-order valence-electron chi connectivity index (χ0n) is 9.18. The molecule has 0 unspecified atom stereocenters. The lowest BCUT2D eigenvalue weighted by atomic mass is 10.0. The van der Waals surface area contributed by atoms with Crippen LogP contribution in [0.15, 0.2) is 39.3 Å². The number of hydrogen-bond donors (Lipinski definition) is 0. The second kappa shape index (κ2) is 6.15. The number of hydrogen-bond acceptors (Lipinski definition) is 1. The van der Waals surface area contributed by atoms with Crippen LogP contribution in [0.25, 0.3) is 0 Å². The second-order valence-electron chi connectivity index (χ2n) is 3.70. The van der Waals surface area contributed by atoms with Gasteiger partial charge in [0.2, 0.25) is 0 Å². The molecule has 0 aliphatic heterocycles. The molecule has 0 saturated heterocycles. The second-order valence-corrected chi connectivity index (χ2v) is 6.72. The van der Waals surface area contributed by atoms with Crippen LogP contribution in [0, 0.1) is 0 Å². The predicted molar refractivity (Wildman–Crippen MR) is 86.7 cm³/mol. The maximum absolute atomic E-state index is 12.5. The van der Waals surface area contributed by atoms with Gasteiger partial charge in [0.15, 0.2) is 5.78 Å². The molecule has 0 amide bonds. The maximum Gasteiger partial charge on any atom is 0.197 e. The van der Waals surface area contributed by atoms with Gasteiger partial charge in [-0.05, 0) is 30.3 Å². The number of halogens is 5. The van der Waals surface area contributed by atoms with Crippen molar-refractivity contribution in [2.45, 2.75) is 0 Å². The summed E-state index contributed by atoms with van der Waals surface area (Å²) in [5.41, 5.74) is 0.715. The minimum Gasteiger partial charge on any atom is -0.288 e. The molecule has 0 aromatic heterocycles. The van der Waals surface area contributed by atoms with Crippen LogP contribution in [-0.4, -0.2) is 5.78 Å². The average Bonchev–Trinajstić information content (AvgIpc) is 2.30. The normalized spacial score (nSPS) is 10.6. The largest absolute Gasteiger partial charge is 0.288 e. The van der Waals surface area contributed by atoms with Crippen LogP contribution in [0.4, 0.5) is 0 Å². The van der Waals surface area contributed by atoms with Crippen molar-refractivity contribution in [3.63, 3.8) is 0 Å². The van der Waals surface area contributed by atoms with E-state index in [0.717, 1.165) is 4.47 Å². The van der Waals surface area contributed by atoms with E-state index < -0.39 is 0 Å². The first-order valence-corrected chi connectivity index (χ1v) is 7.76. The third kappa shape index (κ3) is 3.34. The highest BCUT2D eigenvalue weighted by molar-refractivity contribution is 9.11. The molecule has 98 valence electrons. The standard InChI is InChI=1S/C13H5Br2Cl3O/c14-6-1-2-9(15)8(3-6)13(19)12-10(17)4-7(16)5-11(12)18/h1-5H. The molecular formula is C13H5Br2Cl3O. The molecule has 0 fully saturated rings. The van der Waals surface area contributed by atoms with Crippen LogP contribution in [-0.2, 0) is 0 Å². The van der Waals surface area contributed by atoms with Crippen LogP contribution in [0.2, 0.25) is 15.1 Å². The fraction of sp³-hybridized carbons (Fsp3) is 0. The predicted octanol–water partition coefficient (Wildman–Crippen LogP) is 6.40. The lowest BCUT2D eigenvalue weighted by Gasteiger charge is -2.09. The van der Waals surface area contributed by atoms with Gasteiger partial charge in [-0.25, -0.2) is 0 Å². The minimum atomic E-state index is -0.264. The molecule has 0 atom stereocenters. The Morgan fingerprint density at radius 3 is 2.11 bits per heavy atom. The van der Waals surface area contributed by atoms with Crippen molar-refractivity contribution in [2.24, 2.45) is 0 Å². The number of benzene rings is 2. The Bertz CT molecular complexity index is 648. The lowest BCUT2D eigenvalue weighted by molar-refractivity contribution is 0.103. The van der Waals surface area contributed by atoms with E-state index in [1.165, 1.54) is 12.1 Å².